The van der Waals surface area contributed by atoms with Gasteiger partial charge in [-0.25, -0.2) is 0 Å². The fraction of sp³-hybridized carbons (Fsp3) is 0.696. The Morgan fingerprint density at radius 3 is 2.35 bits per heavy atom. The van der Waals surface area contributed by atoms with Crippen LogP contribution in [0.5, 0.6) is 0 Å². The molecule has 0 aromatic heterocycles. The topological polar surface area (TPSA) is 79.2 Å². The molecule has 3 fully saturated rings. The minimum atomic E-state index is -0.441. The fourth-order valence-corrected chi connectivity index (χ4v) is 5.31. The summed E-state index contributed by atoms with van der Waals surface area (Å²) in [6.07, 6.45) is 4.69. The van der Waals surface area contributed by atoms with Gasteiger partial charge in [-0.05, 0) is 57.6 Å². The van der Waals surface area contributed by atoms with Crippen LogP contribution in [0.3, 0.4) is 0 Å². The van der Waals surface area contributed by atoms with Crippen LogP contribution in [0.2, 0.25) is 0 Å². The number of hydrogen-bond acceptors (Lipinski definition) is 6. The summed E-state index contributed by atoms with van der Waals surface area (Å²) in [5.41, 5.74) is 1.05. The minimum Gasteiger partial charge on any atom is -0.373 e. The normalized spacial score (nSPS) is 25.7. The Morgan fingerprint density at radius 2 is 1.74 bits per heavy atom. The SMILES string of the molecule is CC1CN(CC2CCN(c3ccc([N+](=O)[O-])c(C(=O)N4CCCC4)c3)CC2)CC(C)O1. The highest BCUT2D eigenvalue weighted by atomic mass is 16.6. The summed E-state index contributed by atoms with van der Waals surface area (Å²) in [5.74, 6) is 0.439. The highest BCUT2D eigenvalue weighted by molar-refractivity contribution is 5.99. The molecule has 1 amide bonds. The van der Waals surface area contributed by atoms with E-state index in [0.717, 1.165) is 64.1 Å². The van der Waals surface area contributed by atoms with Crippen LogP contribution in [0.25, 0.3) is 0 Å². The van der Waals surface area contributed by atoms with Crippen LogP contribution in [0.4, 0.5) is 11.4 Å². The van der Waals surface area contributed by atoms with Gasteiger partial charge < -0.3 is 14.5 Å². The number of piperidine rings is 1. The molecule has 0 bridgehead atoms. The summed E-state index contributed by atoms with van der Waals surface area (Å²) in [4.78, 5) is 30.5. The summed E-state index contributed by atoms with van der Waals surface area (Å²) in [5, 5.41) is 11.5. The van der Waals surface area contributed by atoms with Crippen molar-refractivity contribution in [2.45, 2.75) is 51.7 Å². The first kappa shape index (κ1) is 22.0. The molecule has 1 aromatic carbocycles. The maximum absolute atomic E-state index is 12.9. The molecule has 0 aliphatic carbocycles. The molecule has 4 rings (SSSR count). The molecule has 3 saturated heterocycles. The zero-order valence-corrected chi connectivity index (χ0v) is 18.7. The lowest BCUT2D eigenvalue weighted by Crippen LogP contribution is -2.48. The Labute approximate surface area is 184 Å². The average Bonchev–Trinajstić information content (AvgIpc) is 3.27. The van der Waals surface area contributed by atoms with Crippen LogP contribution in [0.15, 0.2) is 18.2 Å². The number of hydrogen-bond donors (Lipinski definition) is 0. The van der Waals surface area contributed by atoms with Crippen molar-refractivity contribution in [1.82, 2.24) is 9.80 Å². The van der Waals surface area contributed by atoms with Crippen LogP contribution in [0, 0.1) is 16.0 Å². The number of likely N-dealkylation sites (tertiary alicyclic amines) is 1. The van der Waals surface area contributed by atoms with Crippen molar-refractivity contribution in [2.24, 2.45) is 5.92 Å². The van der Waals surface area contributed by atoms with Gasteiger partial charge in [0.1, 0.15) is 5.56 Å². The van der Waals surface area contributed by atoms with E-state index in [2.05, 4.69) is 23.6 Å². The number of benzene rings is 1. The van der Waals surface area contributed by atoms with Crippen LogP contribution in [0.1, 0.15) is 49.9 Å². The molecule has 31 heavy (non-hydrogen) atoms. The van der Waals surface area contributed by atoms with Crippen molar-refractivity contribution in [1.29, 1.82) is 0 Å². The smallest absolute Gasteiger partial charge is 0.282 e. The Hall–Kier alpha value is -2.19. The minimum absolute atomic E-state index is 0.0916. The third-order valence-electron chi connectivity index (χ3n) is 6.79. The Kier molecular flexibility index (Phi) is 6.77. The maximum atomic E-state index is 12.9. The summed E-state index contributed by atoms with van der Waals surface area (Å²) in [6.45, 7) is 10.6. The second-order valence-corrected chi connectivity index (χ2v) is 9.36. The second-order valence-electron chi connectivity index (χ2n) is 9.36. The number of amides is 1. The summed E-state index contributed by atoms with van der Waals surface area (Å²) < 4.78 is 5.85. The number of nitrogens with zero attached hydrogens (tertiary/aromatic N) is 4. The molecule has 8 heteroatoms. The summed E-state index contributed by atoms with van der Waals surface area (Å²) in [6, 6.07) is 5.04. The Balaban J connectivity index is 1.40. The van der Waals surface area contributed by atoms with Crippen molar-refractivity contribution in [2.75, 3.05) is 50.7 Å². The Morgan fingerprint density at radius 1 is 1.10 bits per heavy atom. The number of carbonyl (C=O) groups excluding carboxylic acids is 1. The molecule has 8 nitrogen and oxygen atoms in total. The van der Waals surface area contributed by atoms with E-state index in [9.17, 15) is 14.9 Å². The maximum Gasteiger partial charge on any atom is 0.282 e. The quantitative estimate of drug-likeness (QED) is 0.527. The molecule has 0 radical (unpaired) electrons. The number of nitro benzene ring substituents is 1. The average molecular weight is 431 g/mol. The molecular weight excluding hydrogens is 396 g/mol. The van der Waals surface area contributed by atoms with Gasteiger partial charge in [0.2, 0.25) is 0 Å². The standard InChI is InChI=1S/C23H34N4O4/c1-17-14-24(15-18(2)31-17)16-19-7-11-25(12-8-19)20-5-6-22(27(29)30)21(13-20)23(28)26-9-3-4-10-26/h5-6,13,17-19H,3-4,7-12,14-16H2,1-2H3. The van der Waals surface area contributed by atoms with Crippen LogP contribution >= 0.6 is 0 Å². The van der Waals surface area contributed by atoms with Crippen LogP contribution in [-0.2, 0) is 4.74 Å². The molecule has 3 aliphatic heterocycles. The van der Waals surface area contributed by atoms with Gasteiger partial charge in [0.05, 0.1) is 17.1 Å². The van der Waals surface area contributed by atoms with Gasteiger partial charge in [0.25, 0.3) is 11.6 Å². The Bertz CT molecular complexity index is 793. The summed E-state index contributed by atoms with van der Waals surface area (Å²) >= 11 is 0. The molecule has 3 heterocycles. The lowest BCUT2D eigenvalue weighted by atomic mass is 9.95. The fourth-order valence-electron chi connectivity index (χ4n) is 5.31. The van der Waals surface area contributed by atoms with Gasteiger partial charge >= 0.3 is 0 Å². The van der Waals surface area contributed by atoms with Gasteiger partial charge in [0, 0.05) is 57.6 Å². The zero-order chi connectivity index (χ0) is 22.0. The molecule has 170 valence electrons. The van der Waals surface area contributed by atoms with E-state index in [1.165, 1.54) is 6.07 Å². The van der Waals surface area contributed by atoms with E-state index >= 15 is 0 Å². The van der Waals surface area contributed by atoms with E-state index < -0.39 is 4.92 Å². The second kappa shape index (κ2) is 9.53. The van der Waals surface area contributed by atoms with Gasteiger partial charge in [-0.15, -0.1) is 0 Å². The van der Waals surface area contributed by atoms with E-state index in [-0.39, 0.29) is 29.4 Å². The molecule has 1 aromatic rings. The zero-order valence-electron chi connectivity index (χ0n) is 18.7. The van der Waals surface area contributed by atoms with Crippen molar-refractivity contribution in [3.8, 4) is 0 Å². The molecule has 3 aliphatic rings. The van der Waals surface area contributed by atoms with E-state index in [1.54, 1.807) is 17.0 Å². The van der Waals surface area contributed by atoms with Crippen molar-refractivity contribution in [3.63, 3.8) is 0 Å². The molecule has 0 N–H and O–H groups in total. The number of morpholine rings is 1. The van der Waals surface area contributed by atoms with Crippen molar-refractivity contribution >= 4 is 17.3 Å². The first-order chi connectivity index (χ1) is 14.9. The molecule has 0 saturated carbocycles. The third-order valence-corrected chi connectivity index (χ3v) is 6.79. The summed E-state index contributed by atoms with van der Waals surface area (Å²) in [7, 11) is 0. The number of ether oxygens (including phenoxy) is 1. The van der Waals surface area contributed by atoms with Crippen molar-refractivity contribution in [3.05, 3.63) is 33.9 Å². The van der Waals surface area contributed by atoms with Crippen molar-refractivity contribution < 1.29 is 14.5 Å². The highest BCUT2D eigenvalue weighted by Crippen LogP contribution is 2.30. The van der Waals surface area contributed by atoms with Gasteiger partial charge in [-0.2, -0.15) is 0 Å². The van der Waals surface area contributed by atoms with E-state index in [0.29, 0.717) is 19.0 Å². The van der Waals surface area contributed by atoms with Gasteiger partial charge in [0.15, 0.2) is 0 Å². The lowest BCUT2D eigenvalue weighted by Gasteiger charge is -2.40. The van der Waals surface area contributed by atoms with E-state index in [1.807, 2.05) is 0 Å². The number of nitro groups is 1. The number of rotatable bonds is 5. The molecular formula is C23H34N4O4. The number of anilines is 1. The molecule has 2 atom stereocenters. The first-order valence-electron chi connectivity index (χ1n) is 11.6. The van der Waals surface area contributed by atoms with Crippen LogP contribution in [-0.4, -0.2) is 78.7 Å². The molecule has 0 spiro atoms. The third kappa shape index (κ3) is 5.18. The predicted octanol–water partition coefficient (Wildman–Crippen LogP) is 3.16. The van der Waals surface area contributed by atoms with Crippen LogP contribution < -0.4 is 4.90 Å². The van der Waals surface area contributed by atoms with Gasteiger partial charge in [-0.3, -0.25) is 19.8 Å². The first-order valence-corrected chi connectivity index (χ1v) is 11.6. The largest absolute Gasteiger partial charge is 0.373 e. The predicted molar refractivity (Wildman–Crippen MR) is 120 cm³/mol. The number of carbonyl (C=O) groups is 1. The lowest BCUT2D eigenvalue weighted by molar-refractivity contribution is -0.385. The highest BCUT2D eigenvalue weighted by Gasteiger charge is 2.30. The molecule has 2 unspecified atom stereocenters. The van der Waals surface area contributed by atoms with E-state index in [4.69, 9.17) is 4.74 Å². The van der Waals surface area contributed by atoms with Gasteiger partial charge in [-0.1, -0.05) is 0 Å². The monoisotopic (exact) mass is 430 g/mol.